The van der Waals surface area contributed by atoms with E-state index in [9.17, 15) is 0 Å². The Kier molecular flexibility index (Phi) is 3.84. The van der Waals surface area contributed by atoms with Crippen molar-refractivity contribution in [2.45, 2.75) is 85.1 Å². The predicted molar refractivity (Wildman–Crippen MR) is 128 cm³/mol. The average Bonchev–Trinajstić information content (AvgIpc) is 2.99. The minimum atomic E-state index is 0.0320. The summed E-state index contributed by atoms with van der Waals surface area (Å²) in [5.41, 5.74) is 8.72. The average molecular weight is 400 g/mol. The van der Waals surface area contributed by atoms with Gasteiger partial charge in [0, 0.05) is 16.4 Å². The molecule has 0 atom stereocenters. The molecular weight excluding hydrogens is 364 g/mol. The lowest BCUT2D eigenvalue weighted by Crippen LogP contribution is -2.44. The van der Waals surface area contributed by atoms with Crippen LogP contribution < -0.4 is 4.52 Å². The Labute approximate surface area is 180 Å². The van der Waals surface area contributed by atoms with E-state index in [1.807, 2.05) is 0 Å². The first-order valence-corrected chi connectivity index (χ1v) is 11.5. The standard InChI is InChI=1S/C28H35N2/c1-16(2)19-12-10-14-21-20-13-11-15-22-23(20)26-24(28(8,9)27(22,6)7)18(5)29(17(3)4)30(26)25(19)21/h10-17H,1-9H3/q+1. The Morgan fingerprint density at radius 3 is 2.07 bits per heavy atom. The summed E-state index contributed by atoms with van der Waals surface area (Å²) in [6.45, 7) is 21.4. The summed E-state index contributed by atoms with van der Waals surface area (Å²) < 4.78 is 5.14. The van der Waals surface area contributed by atoms with Crippen LogP contribution in [0.25, 0.3) is 27.2 Å². The zero-order valence-electron chi connectivity index (χ0n) is 20.0. The third-order valence-electron chi connectivity index (χ3n) is 8.21. The summed E-state index contributed by atoms with van der Waals surface area (Å²) in [6.07, 6.45) is 0. The van der Waals surface area contributed by atoms with E-state index in [0.717, 1.165) is 0 Å². The summed E-state index contributed by atoms with van der Waals surface area (Å²) in [7, 11) is 0. The first-order valence-electron chi connectivity index (χ1n) is 11.5. The molecule has 0 amide bonds. The number of rotatable bonds is 2. The highest BCUT2D eigenvalue weighted by Gasteiger charge is 2.51. The molecule has 2 aromatic heterocycles. The Balaban J connectivity index is 2.25. The van der Waals surface area contributed by atoms with Gasteiger partial charge in [-0.1, -0.05) is 76.4 Å². The third-order valence-corrected chi connectivity index (χ3v) is 8.21. The van der Waals surface area contributed by atoms with Crippen LogP contribution in [0.5, 0.6) is 0 Å². The molecule has 2 aromatic carbocycles. The van der Waals surface area contributed by atoms with Crippen molar-refractivity contribution in [2.75, 3.05) is 0 Å². The fourth-order valence-electron chi connectivity index (χ4n) is 6.15. The summed E-state index contributed by atoms with van der Waals surface area (Å²) in [6, 6.07) is 14.3. The van der Waals surface area contributed by atoms with Crippen molar-refractivity contribution in [3.8, 4) is 0 Å². The Morgan fingerprint density at radius 1 is 0.800 bits per heavy atom. The zero-order chi connectivity index (χ0) is 21.7. The molecule has 0 saturated heterocycles. The van der Waals surface area contributed by atoms with E-state index in [1.165, 1.54) is 49.6 Å². The molecule has 30 heavy (non-hydrogen) atoms. The predicted octanol–water partition coefficient (Wildman–Crippen LogP) is 7.11. The highest BCUT2D eigenvalue weighted by atomic mass is 15.4. The Hall–Kier alpha value is -2.35. The maximum atomic E-state index is 2.59. The van der Waals surface area contributed by atoms with E-state index in [4.69, 9.17) is 0 Å². The molecule has 0 radical (unpaired) electrons. The Morgan fingerprint density at radius 2 is 1.43 bits per heavy atom. The number of hydrogen-bond donors (Lipinski definition) is 0. The van der Waals surface area contributed by atoms with Gasteiger partial charge in [-0.25, -0.2) is 0 Å². The topological polar surface area (TPSA) is 9.03 Å². The fourth-order valence-corrected chi connectivity index (χ4v) is 6.15. The number of nitrogens with zero attached hydrogens (tertiary/aromatic N) is 2. The molecule has 2 heterocycles. The van der Waals surface area contributed by atoms with Gasteiger partial charge in [0.15, 0.2) is 0 Å². The molecule has 0 fully saturated rings. The molecule has 0 aliphatic heterocycles. The fraction of sp³-hybridized carbons (Fsp3) is 0.464. The van der Waals surface area contributed by atoms with Crippen LogP contribution in [0.1, 0.15) is 89.7 Å². The SMILES string of the molecule is Cc1c2c3c4c(cccc4c4cccc(C(C)C)c4[n+]3n1C(C)C)C(C)(C)C2(C)C. The highest BCUT2D eigenvalue weighted by molar-refractivity contribution is 6.13. The Bertz CT molecular complexity index is 1320. The lowest BCUT2D eigenvalue weighted by molar-refractivity contribution is -0.587. The first-order chi connectivity index (χ1) is 14.0. The summed E-state index contributed by atoms with van der Waals surface area (Å²) in [4.78, 5) is 0. The van der Waals surface area contributed by atoms with Crippen LogP contribution in [0.2, 0.25) is 0 Å². The lowest BCUT2D eigenvalue weighted by Gasteiger charge is -2.44. The second-order valence-corrected chi connectivity index (χ2v) is 10.9. The minimum Gasteiger partial charge on any atom is -0.149 e. The molecule has 0 bridgehead atoms. The van der Waals surface area contributed by atoms with Crippen LogP contribution in [0, 0.1) is 6.92 Å². The highest BCUT2D eigenvalue weighted by Crippen LogP contribution is 2.53. The van der Waals surface area contributed by atoms with Gasteiger partial charge in [0.2, 0.25) is 11.0 Å². The number of para-hydroxylation sites is 1. The molecule has 1 aliphatic carbocycles. The molecule has 0 spiro atoms. The summed E-state index contributed by atoms with van der Waals surface area (Å²) >= 11 is 0. The van der Waals surface area contributed by atoms with Crippen LogP contribution in [0.4, 0.5) is 0 Å². The number of aromatic nitrogens is 2. The molecule has 0 N–H and O–H groups in total. The van der Waals surface area contributed by atoms with Gasteiger partial charge in [0.25, 0.3) is 0 Å². The zero-order valence-corrected chi connectivity index (χ0v) is 20.0. The number of benzene rings is 2. The second-order valence-electron chi connectivity index (χ2n) is 10.9. The van der Waals surface area contributed by atoms with E-state index >= 15 is 0 Å². The van der Waals surface area contributed by atoms with Gasteiger partial charge in [-0.2, -0.15) is 0 Å². The molecule has 0 unspecified atom stereocenters. The normalized spacial score (nSPS) is 17.3. The van der Waals surface area contributed by atoms with Crippen LogP contribution >= 0.6 is 0 Å². The van der Waals surface area contributed by atoms with Crippen molar-refractivity contribution in [3.05, 3.63) is 58.8 Å². The van der Waals surface area contributed by atoms with Gasteiger partial charge in [-0.05, 0) is 43.7 Å². The van der Waals surface area contributed by atoms with E-state index in [-0.39, 0.29) is 10.8 Å². The van der Waals surface area contributed by atoms with Gasteiger partial charge < -0.3 is 0 Å². The van der Waals surface area contributed by atoms with E-state index in [2.05, 4.69) is 108 Å². The molecular formula is C28H35N2+. The minimum absolute atomic E-state index is 0.0320. The maximum Gasteiger partial charge on any atom is 0.250 e. The van der Waals surface area contributed by atoms with Crippen molar-refractivity contribution in [2.24, 2.45) is 0 Å². The van der Waals surface area contributed by atoms with Crippen LogP contribution in [0.3, 0.4) is 0 Å². The maximum absolute atomic E-state index is 2.59. The summed E-state index contributed by atoms with van der Waals surface area (Å²) in [5.74, 6) is 0.469. The van der Waals surface area contributed by atoms with Gasteiger partial charge in [0.1, 0.15) is 0 Å². The summed E-state index contributed by atoms with van der Waals surface area (Å²) in [5, 5.41) is 4.22. The van der Waals surface area contributed by atoms with Gasteiger partial charge in [-0.3, -0.25) is 0 Å². The van der Waals surface area contributed by atoms with E-state index in [1.54, 1.807) is 0 Å². The van der Waals surface area contributed by atoms with Crippen LogP contribution in [-0.4, -0.2) is 4.68 Å². The van der Waals surface area contributed by atoms with Crippen molar-refractivity contribution in [1.82, 2.24) is 4.68 Å². The quantitative estimate of drug-likeness (QED) is 0.251. The first kappa shape index (κ1) is 19.6. The molecule has 2 heteroatoms. The number of hydrogen-bond acceptors (Lipinski definition) is 0. The number of pyridine rings is 1. The molecule has 2 nitrogen and oxygen atoms in total. The van der Waals surface area contributed by atoms with Crippen molar-refractivity contribution >= 4 is 27.2 Å². The van der Waals surface area contributed by atoms with Crippen molar-refractivity contribution < 1.29 is 4.52 Å². The van der Waals surface area contributed by atoms with Crippen molar-refractivity contribution in [1.29, 1.82) is 0 Å². The lowest BCUT2D eigenvalue weighted by atomic mass is 9.57. The molecule has 1 aliphatic rings. The van der Waals surface area contributed by atoms with Crippen LogP contribution in [0.15, 0.2) is 36.4 Å². The molecule has 5 rings (SSSR count). The van der Waals surface area contributed by atoms with Crippen LogP contribution in [-0.2, 0) is 10.8 Å². The second kappa shape index (κ2) is 5.87. The molecule has 0 saturated carbocycles. The molecule has 156 valence electrons. The van der Waals surface area contributed by atoms with E-state index < -0.39 is 0 Å². The van der Waals surface area contributed by atoms with Crippen molar-refractivity contribution in [3.63, 3.8) is 0 Å². The third kappa shape index (κ3) is 2.08. The molecule has 4 aromatic rings. The van der Waals surface area contributed by atoms with Gasteiger partial charge in [0.05, 0.1) is 28.1 Å². The van der Waals surface area contributed by atoms with E-state index in [0.29, 0.717) is 12.0 Å². The van der Waals surface area contributed by atoms with Gasteiger partial charge >= 0.3 is 0 Å². The van der Waals surface area contributed by atoms with Gasteiger partial charge in [-0.15, -0.1) is 4.68 Å². The number of fused-ring (bicyclic) bond motifs is 3. The smallest absolute Gasteiger partial charge is 0.149 e. The monoisotopic (exact) mass is 399 g/mol. The largest absolute Gasteiger partial charge is 0.250 e.